The van der Waals surface area contributed by atoms with Gasteiger partial charge >= 0.3 is 0 Å². The molecule has 2 atom stereocenters. The molecule has 0 saturated carbocycles. The van der Waals surface area contributed by atoms with Gasteiger partial charge < -0.3 is 15.2 Å². The van der Waals surface area contributed by atoms with Crippen molar-refractivity contribution >= 4 is 0 Å². The topological polar surface area (TPSA) is 59.3 Å². The van der Waals surface area contributed by atoms with Gasteiger partial charge in [-0.05, 0) is 13.3 Å². The molecule has 0 aliphatic rings. The van der Waals surface area contributed by atoms with Gasteiger partial charge in [-0.15, -0.1) is 0 Å². The predicted octanol–water partition coefficient (Wildman–Crippen LogP) is 0.642. The lowest BCUT2D eigenvalue weighted by Crippen LogP contribution is -2.42. The number of methoxy groups -OCH3 is 1. The number of aryl methyl sites for hydroxylation is 1. The number of aromatic nitrogens is 2. The van der Waals surface area contributed by atoms with E-state index in [4.69, 9.17) is 4.74 Å². The second-order valence-corrected chi connectivity index (χ2v) is 4.62. The van der Waals surface area contributed by atoms with E-state index in [0.717, 1.165) is 12.0 Å². The minimum atomic E-state index is -0.907. The van der Waals surface area contributed by atoms with Crippen molar-refractivity contribution in [2.75, 3.05) is 20.3 Å². The molecule has 2 unspecified atom stereocenters. The summed E-state index contributed by atoms with van der Waals surface area (Å²) in [6, 6.07) is 0.267. The Kier molecular flexibility index (Phi) is 5.11. The Balaban J connectivity index is 2.54. The van der Waals surface area contributed by atoms with Crippen LogP contribution in [0.1, 0.15) is 25.8 Å². The number of rotatable bonds is 7. The molecule has 1 rings (SSSR count). The van der Waals surface area contributed by atoms with E-state index in [1.807, 2.05) is 13.2 Å². The van der Waals surface area contributed by atoms with Gasteiger partial charge in [0.15, 0.2) is 0 Å². The molecule has 5 heteroatoms. The Morgan fingerprint density at radius 3 is 2.82 bits per heavy atom. The molecule has 2 N–H and O–H groups in total. The van der Waals surface area contributed by atoms with Gasteiger partial charge in [0.2, 0.25) is 0 Å². The highest BCUT2D eigenvalue weighted by atomic mass is 16.5. The van der Waals surface area contributed by atoms with Crippen molar-refractivity contribution in [1.29, 1.82) is 0 Å². The lowest BCUT2D eigenvalue weighted by molar-refractivity contribution is 0.0485. The molecule has 1 aromatic heterocycles. The molecular formula is C12H23N3O2. The minimum absolute atomic E-state index is 0.267. The fraction of sp³-hybridized carbons (Fsp3) is 0.750. The second kappa shape index (κ2) is 6.14. The third kappa shape index (κ3) is 4.11. The van der Waals surface area contributed by atoms with Gasteiger partial charge in [-0.25, -0.2) is 0 Å². The molecule has 0 fully saturated rings. The van der Waals surface area contributed by atoms with Crippen LogP contribution in [0.4, 0.5) is 0 Å². The van der Waals surface area contributed by atoms with Gasteiger partial charge in [0, 0.05) is 38.5 Å². The molecule has 5 nitrogen and oxygen atoms in total. The summed E-state index contributed by atoms with van der Waals surface area (Å²) in [6.07, 6.45) is 4.49. The molecule has 0 radical (unpaired) electrons. The van der Waals surface area contributed by atoms with E-state index >= 15 is 0 Å². The van der Waals surface area contributed by atoms with Gasteiger partial charge in [0.25, 0.3) is 0 Å². The van der Waals surface area contributed by atoms with Gasteiger partial charge in [-0.2, -0.15) is 5.10 Å². The van der Waals surface area contributed by atoms with Crippen LogP contribution in [-0.2, 0) is 17.4 Å². The monoisotopic (exact) mass is 241 g/mol. The second-order valence-electron chi connectivity index (χ2n) is 4.62. The van der Waals surface area contributed by atoms with Gasteiger partial charge in [0.1, 0.15) is 5.60 Å². The molecule has 0 aliphatic carbocycles. The van der Waals surface area contributed by atoms with Gasteiger partial charge in [-0.3, -0.25) is 4.68 Å². The number of hydrogen-bond acceptors (Lipinski definition) is 4. The van der Waals surface area contributed by atoms with Crippen molar-refractivity contribution in [1.82, 2.24) is 15.1 Å². The lowest BCUT2D eigenvalue weighted by Gasteiger charge is -2.25. The summed E-state index contributed by atoms with van der Waals surface area (Å²) in [5.74, 6) is 0. The highest BCUT2D eigenvalue weighted by Gasteiger charge is 2.25. The highest BCUT2D eigenvalue weighted by Crippen LogP contribution is 2.18. The normalized spacial score (nSPS) is 16.8. The van der Waals surface area contributed by atoms with Gasteiger partial charge in [0.05, 0.1) is 12.8 Å². The highest BCUT2D eigenvalue weighted by molar-refractivity contribution is 5.14. The Morgan fingerprint density at radius 1 is 1.65 bits per heavy atom. The molecule has 17 heavy (non-hydrogen) atoms. The van der Waals surface area contributed by atoms with Crippen LogP contribution in [0, 0.1) is 0 Å². The molecule has 0 aromatic carbocycles. The molecule has 0 saturated heterocycles. The summed E-state index contributed by atoms with van der Waals surface area (Å²) >= 11 is 0. The molecule has 98 valence electrons. The third-order valence-corrected chi connectivity index (χ3v) is 2.92. The fourth-order valence-corrected chi connectivity index (χ4v) is 1.67. The summed E-state index contributed by atoms with van der Waals surface area (Å²) < 4.78 is 6.80. The van der Waals surface area contributed by atoms with Crippen molar-refractivity contribution in [2.45, 2.75) is 31.9 Å². The van der Waals surface area contributed by atoms with E-state index in [0.29, 0.717) is 13.2 Å². The first-order chi connectivity index (χ1) is 7.99. The first kappa shape index (κ1) is 14.2. The summed E-state index contributed by atoms with van der Waals surface area (Å²) in [7, 11) is 3.52. The van der Waals surface area contributed by atoms with Crippen LogP contribution in [0.2, 0.25) is 0 Å². The molecule has 1 heterocycles. The quantitative estimate of drug-likeness (QED) is 0.735. The number of nitrogens with zero attached hydrogens (tertiary/aromatic N) is 2. The Labute approximate surface area is 103 Å². The average molecular weight is 241 g/mol. The molecule has 0 aliphatic heterocycles. The van der Waals surface area contributed by atoms with Crippen molar-refractivity contribution in [2.24, 2.45) is 7.05 Å². The third-order valence-electron chi connectivity index (χ3n) is 2.92. The van der Waals surface area contributed by atoms with E-state index in [-0.39, 0.29) is 6.04 Å². The summed E-state index contributed by atoms with van der Waals surface area (Å²) in [5, 5.41) is 17.7. The standard InChI is InChI=1S/C12H23N3O2/c1-5-11(8-17-4)13-9-12(2,16)10-6-14-15(3)7-10/h6-7,11,13,16H,5,8-9H2,1-4H3. The number of aliphatic hydroxyl groups is 1. The zero-order valence-corrected chi connectivity index (χ0v) is 11.1. The number of hydrogen-bond donors (Lipinski definition) is 2. The predicted molar refractivity (Wildman–Crippen MR) is 66.7 cm³/mol. The van der Waals surface area contributed by atoms with Crippen molar-refractivity contribution in [3.05, 3.63) is 18.0 Å². The first-order valence-corrected chi connectivity index (χ1v) is 5.93. The van der Waals surface area contributed by atoms with E-state index in [1.54, 1.807) is 24.9 Å². The van der Waals surface area contributed by atoms with Crippen molar-refractivity contribution < 1.29 is 9.84 Å². The molecule has 0 bridgehead atoms. The van der Waals surface area contributed by atoms with Crippen LogP contribution in [-0.4, -0.2) is 41.2 Å². The van der Waals surface area contributed by atoms with Crippen LogP contribution in [0.5, 0.6) is 0 Å². The summed E-state index contributed by atoms with van der Waals surface area (Å²) in [5.41, 5.74) is -0.0881. The van der Waals surface area contributed by atoms with Gasteiger partial charge in [-0.1, -0.05) is 6.92 Å². The maximum atomic E-state index is 10.4. The lowest BCUT2D eigenvalue weighted by atomic mass is 9.99. The maximum absolute atomic E-state index is 10.4. The average Bonchev–Trinajstić information content (AvgIpc) is 2.72. The van der Waals surface area contributed by atoms with Crippen LogP contribution in [0.15, 0.2) is 12.4 Å². The maximum Gasteiger partial charge on any atom is 0.102 e. The zero-order valence-electron chi connectivity index (χ0n) is 11.1. The number of ether oxygens (including phenoxy) is 1. The van der Waals surface area contributed by atoms with E-state index in [9.17, 15) is 5.11 Å². The fourth-order valence-electron chi connectivity index (χ4n) is 1.67. The first-order valence-electron chi connectivity index (χ1n) is 5.93. The van der Waals surface area contributed by atoms with Crippen LogP contribution in [0.3, 0.4) is 0 Å². The number of nitrogens with one attached hydrogen (secondary N) is 1. The SMILES string of the molecule is CCC(COC)NCC(C)(O)c1cnn(C)c1. The Morgan fingerprint density at radius 2 is 2.35 bits per heavy atom. The van der Waals surface area contributed by atoms with Crippen LogP contribution in [0.25, 0.3) is 0 Å². The van der Waals surface area contributed by atoms with Crippen molar-refractivity contribution in [3.63, 3.8) is 0 Å². The van der Waals surface area contributed by atoms with Crippen LogP contribution < -0.4 is 5.32 Å². The molecule has 1 aromatic rings. The zero-order chi connectivity index (χ0) is 12.9. The smallest absolute Gasteiger partial charge is 0.102 e. The molecule has 0 amide bonds. The van der Waals surface area contributed by atoms with E-state index < -0.39 is 5.60 Å². The van der Waals surface area contributed by atoms with Crippen LogP contribution >= 0.6 is 0 Å². The Bertz CT molecular complexity index is 336. The molecular weight excluding hydrogens is 218 g/mol. The van der Waals surface area contributed by atoms with Crippen molar-refractivity contribution in [3.8, 4) is 0 Å². The Hall–Kier alpha value is -0.910. The summed E-state index contributed by atoms with van der Waals surface area (Å²) in [6.45, 7) is 5.02. The summed E-state index contributed by atoms with van der Waals surface area (Å²) in [4.78, 5) is 0. The molecule has 0 spiro atoms. The minimum Gasteiger partial charge on any atom is -0.384 e. The van der Waals surface area contributed by atoms with E-state index in [2.05, 4.69) is 17.3 Å². The largest absolute Gasteiger partial charge is 0.384 e. The van der Waals surface area contributed by atoms with E-state index in [1.165, 1.54) is 0 Å².